The van der Waals surface area contributed by atoms with E-state index in [0.717, 1.165) is 44.3 Å². The number of halogens is 1. The van der Waals surface area contributed by atoms with Gasteiger partial charge in [-0.05, 0) is 24.1 Å². The average Bonchev–Trinajstić information content (AvgIpc) is 2.30. The molecule has 0 bridgehead atoms. The largest absolute Gasteiger partial charge is 0.379 e. The smallest absolute Gasteiger partial charge is 0.0594 e. The number of rotatable bonds is 3. The van der Waals surface area contributed by atoms with Gasteiger partial charge in [0, 0.05) is 24.7 Å². The lowest BCUT2D eigenvalue weighted by molar-refractivity contribution is 0.0384. The van der Waals surface area contributed by atoms with E-state index < -0.39 is 0 Å². The molecule has 1 aromatic rings. The summed E-state index contributed by atoms with van der Waals surface area (Å²) in [6.07, 6.45) is 1.09. The summed E-state index contributed by atoms with van der Waals surface area (Å²) in [5.74, 6) is 0. The van der Waals surface area contributed by atoms with Crippen LogP contribution in [0.15, 0.2) is 24.3 Å². The van der Waals surface area contributed by atoms with Crippen molar-refractivity contribution in [2.24, 2.45) is 0 Å². The van der Waals surface area contributed by atoms with Crippen LogP contribution >= 0.6 is 11.6 Å². The van der Waals surface area contributed by atoms with Gasteiger partial charge in [0.05, 0.1) is 13.2 Å². The van der Waals surface area contributed by atoms with Gasteiger partial charge in [-0.15, -0.1) is 0 Å². The van der Waals surface area contributed by atoms with Crippen LogP contribution in [0.3, 0.4) is 0 Å². The molecule has 1 heterocycles. The van der Waals surface area contributed by atoms with E-state index in [4.69, 9.17) is 16.3 Å². The van der Waals surface area contributed by atoms with Gasteiger partial charge in [0.15, 0.2) is 0 Å². The van der Waals surface area contributed by atoms with Gasteiger partial charge in [0.1, 0.15) is 0 Å². The summed E-state index contributed by atoms with van der Waals surface area (Å²) in [6.45, 7) is 4.99. The third-order valence-corrected chi connectivity index (χ3v) is 2.99. The van der Waals surface area contributed by atoms with Crippen molar-refractivity contribution in [3.8, 4) is 0 Å². The molecule has 82 valence electrons. The molecule has 3 heteroatoms. The fourth-order valence-corrected chi connectivity index (χ4v) is 1.89. The Morgan fingerprint density at radius 2 is 1.80 bits per heavy atom. The molecule has 2 nitrogen and oxygen atoms in total. The van der Waals surface area contributed by atoms with Crippen LogP contribution in [0.1, 0.15) is 5.56 Å². The quantitative estimate of drug-likeness (QED) is 0.782. The Labute approximate surface area is 95.8 Å². The van der Waals surface area contributed by atoms with E-state index in [1.165, 1.54) is 5.56 Å². The zero-order valence-corrected chi connectivity index (χ0v) is 9.54. The number of morpholine rings is 1. The molecule has 1 saturated heterocycles. The topological polar surface area (TPSA) is 12.5 Å². The molecule has 2 rings (SSSR count). The number of hydrogen-bond acceptors (Lipinski definition) is 2. The lowest BCUT2D eigenvalue weighted by atomic mass is 10.1. The highest BCUT2D eigenvalue weighted by molar-refractivity contribution is 6.30. The van der Waals surface area contributed by atoms with Crippen molar-refractivity contribution in [3.63, 3.8) is 0 Å². The lowest BCUT2D eigenvalue weighted by Crippen LogP contribution is -2.37. The zero-order valence-electron chi connectivity index (χ0n) is 8.79. The summed E-state index contributed by atoms with van der Waals surface area (Å²) in [6, 6.07) is 8.11. The van der Waals surface area contributed by atoms with Gasteiger partial charge in [-0.25, -0.2) is 0 Å². The van der Waals surface area contributed by atoms with E-state index in [9.17, 15) is 0 Å². The van der Waals surface area contributed by atoms with Crippen molar-refractivity contribution in [1.82, 2.24) is 4.90 Å². The monoisotopic (exact) mass is 225 g/mol. The van der Waals surface area contributed by atoms with Crippen molar-refractivity contribution < 1.29 is 4.74 Å². The maximum absolute atomic E-state index is 5.83. The molecular weight excluding hydrogens is 210 g/mol. The number of ether oxygens (including phenoxy) is 1. The first-order chi connectivity index (χ1) is 7.34. The highest BCUT2D eigenvalue weighted by atomic mass is 35.5. The van der Waals surface area contributed by atoms with Gasteiger partial charge in [-0.3, -0.25) is 4.90 Å². The maximum atomic E-state index is 5.83. The predicted octanol–water partition coefficient (Wildman–Crippen LogP) is 2.21. The highest BCUT2D eigenvalue weighted by Gasteiger charge is 2.09. The van der Waals surface area contributed by atoms with Crippen molar-refractivity contribution in [3.05, 3.63) is 34.9 Å². The first-order valence-corrected chi connectivity index (χ1v) is 5.77. The molecular formula is C12H16ClNO. The summed E-state index contributed by atoms with van der Waals surface area (Å²) in [4.78, 5) is 2.44. The lowest BCUT2D eigenvalue weighted by Gasteiger charge is -2.26. The van der Waals surface area contributed by atoms with Crippen LogP contribution in [0.25, 0.3) is 0 Å². The molecule has 0 spiro atoms. The SMILES string of the molecule is Clc1ccc(CCN2CCOCC2)cc1. The van der Waals surface area contributed by atoms with E-state index >= 15 is 0 Å². The van der Waals surface area contributed by atoms with Gasteiger partial charge in [0.25, 0.3) is 0 Å². The first-order valence-electron chi connectivity index (χ1n) is 5.39. The minimum Gasteiger partial charge on any atom is -0.379 e. The summed E-state index contributed by atoms with van der Waals surface area (Å²) in [7, 11) is 0. The molecule has 0 atom stereocenters. The molecule has 15 heavy (non-hydrogen) atoms. The first kappa shape index (κ1) is 10.9. The summed E-state index contributed by atoms with van der Waals surface area (Å²) >= 11 is 5.83. The van der Waals surface area contributed by atoms with Gasteiger partial charge < -0.3 is 4.74 Å². The Hall–Kier alpha value is -0.570. The molecule has 1 aliphatic heterocycles. The Balaban J connectivity index is 1.79. The minimum atomic E-state index is 0.810. The molecule has 0 saturated carbocycles. The van der Waals surface area contributed by atoms with Gasteiger partial charge >= 0.3 is 0 Å². The molecule has 1 fully saturated rings. The van der Waals surface area contributed by atoms with Crippen LogP contribution in [-0.4, -0.2) is 37.7 Å². The molecule has 0 N–H and O–H groups in total. The molecule has 1 aliphatic rings. The predicted molar refractivity (Wildman–Crippen MR) is 62.4 cm³/mol. The van der Waals surface area contributed by atoms with Crippen LogP contribution < -0.4 is 0 Å². The summed E-state index contributed by atoms with van der Waals surface area (Å²) < 4.78 is 5.31. The fraction of sp³-hybridized carbons (Fsp3) is 0.500. The van der Waals surface area contributed by atoms with E-state index in [2.05, 4.69) is 17.0 Å². The normalized spacial score (nSPS) is 17.9. The second-order valence-corrected chi connectivity index (χ2v) is 4.27. The second-order valence-electron chi connectivity index (χ2n) is 3.83. The van der Waals surface area contributed by atoms with Gasteiger partial charge in [-0.2, -0.15) is 0 Å². The molecule has 0 aromatic heterocycles. The molecule has 0 unspecified atom stereocenters. The van der Waals surface area contributed by atoms with Crippen molar-refractivity contribution in [2.75, 3.05) is 32.8 Å². The average molecular weight is 226 g/mol. The molecule has 0 aliphatic carbocycles. The van der Waals surface area contributed by atoms with Crippen LogP contribution in [0.5, 0.6) is 0 Å². The molecule has 0 radical (unpaired) electrons. The second kappa shape index (κ2) is 5.50. The molecule has 0 amide bonds. The van der Waals surface area contributed by atoms with E-state index in [0.29, 0.717) is 0 Å². The van der Waals surface area contributed by atoms with Gasteiger partial charge in [-0.1, -0.05) is 23.7 Å². The van der Waals surface area contributed by atoms with Gasteiger partial charge in [0.2, 0.25) is 0 Å². The van der Waals surface area contributed by atoms with E-state index in [1.54, 1.807) is 0 Å². The molecule has 1 aromatic carbocycles. The van der Waals surface area contributed by atoms with Crippen molar-refractivity contribution in [1.29, 1.82) is 0 Å². The number of nitrogens with zero attached hydrogens (tertiary/aromatic N) is 1. The van der Waals surface area contributed by atoms with Crippen LogP contribution in [0.4, 0.5) is 0 Å². The van der Waals surface area contributed by atoms with Crippen LogP contribution in [0, 0.1) is 0 Å². The summed E-state index contributed by atoms with van der Waals surface area (Å²) in [5, 5.41) is 0.810. The Morgan fingerprint density at radius 3 is 2.47 bits per heavy atom. The van der Waals surface area contributed by atoms with Crippen LogP contribution in [0.2, 0.25) is 5.02 Å². The Morgan fingerprint density at radius 1 is 1.13 bits per heavy atom. The maximum Gasteiger partial charge on any atom is 0.0594 e. The zero-order chi connectivity index (χ0) is 10.5. The minimum absolute atomic E-state index is 0.810. The van der Waals surface area contributed by atoms with Crippen LogP contribution in [-0.2, 0) is 11.2 Å². The highest BCUT2D eigenvalue weighted by Crippen LogP contribution is 2.10. The number of hydrogen-bond donors (Lipinski definition) is 0. The fourth-order valence-electron chi connectivity index (χ4n) is 1.76. The van der Waals surface area contributed by atoms with E-state index in [-0.39, 0.29) is 0 Å². The van der Waals surface area contributed by atoms with Crippen molar-refractivity contribution >= 4 is 11.6 Å². The standard InChI is InChI=1S/C12H16ClNO/c13-12-3-1-11(2-4-12)5-6-14-7-9-15-10-8-14/h1-4H,5-10H2. The third kappa shape index (κ3) is 3.49. The third-order valence-electron chi connectivity index (χ3n) is 2.73. The van der Waals surface area contributed by atoms with E-state index in [1.807, 2.05) is 12.1 Å². The summed E-state index contributed by atoms with van der Waals surface area (Å²) in [5.41, 5.74) is 1.35. The Bertz CT molecular complexity index is 293. The Kier molecular flexibility index (Phi) is 4.01. The van der Waals surface area contributed by atoms with Crippen molar-refractivity contribution in [2.45, 2.75) is 6.42 Å². The number of benzene rings is 1.